The first-order valence-corrected chi connectivity index (χ1v) is 11.5. The molecule has 0 unspecified atom stereocenters. The van der Waals surface area contributed by atoms with Gasteiger partial charge in [0.15, 0.2) is 0 Å². The minimum absolute atomic E-state index is 0.0587. The van der Waals surface area contributed by atoms with Gasteiger partial charge < -0.3 is 15.2 Å². The molecule has 0 saturated heterocycles. The Balaban J connectivity index is 1.20. The predicted molar refractivity (Wildman–Crippen MR) is 126 cm³/mol. The number of carboxylic acids is 1. The molecule has 0 radical (unpaired) electrons. The summed E-state index contributed by atoms with van der Waals surface area (Å²) in [4.78, 5) is 24.3. The van der Waals surface area contributed by atoms with Crippen LogP contribution in [0.15, 0.2) is 72.8 Å². The van der Waals surface area contributed by atoms with Crippen molar-refractivity contribution < 1.29 is 19.4 Å². The van der Waals surface area contributed by atoms with E-state index in [0.29, 0.717) is 18.8 Å². The molecule has 3 aromatic rings. The van der Waals surface area contributed by atoms with Crippen LogP contribution in [0.2, 0.25) is 0 Å². The van der Waals surface area contributed by atoms with Crippen LogP contribution in [-0.2, 0) is 16.0 Å². The van der Waals surface area contributed by atoms with Crippen molar-refractivity contribution in [2.24, 2.45) is 0 Å². The number of hydrogen-bond donors (Lipinski definition) is 2. The van der Waals surface area contributed by atoms with Gasteiger partial charge >= 0.3 is 12.1 Å². The number of benzene rings is 3. The number of aliphatic carboxylic acids is 1. The summed E-state index contributed by atoms with van der Waals surface area (Å²) in [6.45, 7) is 0.162. The molecule has 1 amide bonds. The van der Waals surface area contributed by atoms with Crippen molar-refractivity contribution >= 4 is 12.1 Å². The lowest BCUT2D eigenvalue weighted by Gasteiger charge is -2.17. The van der Waals surface area contributed by atoms with Gasteiger partial charge in [-0.1, -0.05) is 72.8 Å². The van der Waals surface area contributed by atoms with Crippen LogP contribution in [0.4, 0.5) is 4.79 Å². The smallest absolute Gasteiger partial charge is 0.407 e. The topological polar surface area (TPSA) is 75.6 Å². The van der Waals surface area contributed by atoms with Gasteiger partial charge in [0, 0.05) is 5.92 Å². The van der Waals surface area contributed by atoms with Crippen LogP contribution in [0.1, 0.15) is 53.4 Å². The monoisotopic (exact) mass is 441 g/mol. The fraction of sp³-hybridized carbons (Fsp3) is 0.286. The van der Waals surface area contributed by atoms with Gasteiger partial charge in [0.25, 0.3) is 0 Å². The average Bonchev–Trinajstić information content (AvgIpc) is 3.64. The van der Waals surface area contributed by atoms with Gasteiger partial charge in [-0.2, -0.15) is 0 Å². The van der Waals surface area contributed by atoms with E-state index < -0.39 is 18.1 Å². The van der Waals surface area contributed by atoms with Gasteiger partial charge in [-0.25, -0.2) is 9.59 Å². The van der Waals surface area contributed by atoms with Crippen LogP contribution in [0.5, 0.6) is 0 Å². The number of fused-ring (bicyclic) bond motifs is 3. The van der Waals surface area contributed by atoms with Crippen LogP contribution >= 0.6 is 0 Å². The Hall–Kier alpha value is -3.60. The molecular weight excluding hydrogens is 414 g/mol. The van der Waals surface area contributed by atoms with Crippen LogP contribution in [0.3, 0.4) is 0 Å². The molecule has 1 atom stereocenters. The van der Waals surface area contributed by atoms with Gasteiger partial charge in [0.05, 0.1) is 0 Å². The highest BCUT2D eigenvalue weighted by Crippen LogP contribution is 2.44. The molecule has 0 aromatic heterocycles. The lowest BCUT2D eigenvalue weighted by atomic mass is 9.98. The largest absolute Gasteiger partial charge is 0.480 e. The average molecular weight is 442 g/mol. The maximum atomic E-state index is 12.5. The molecule has 0 spiro atoms. The van der Waals surface area contributed by atoms with E-state index in [1.165, 1.54) is 18.4 Å². The summed E-state index contributed by atoms with van der Waals surface area (Å²) < 4.78 is 5.52. The number of carbonyl (C=O) groups is 2. The Morgan fingerprint density at radius 2 is 1.61 bits per heavy atom. The van der Waals surface area contributed by atoms with Gasteiger partial charge in [-0.15, -0.1) is 0 Å². The Kier molecular flexibility index (Phi) is 5.86. The molecule has 3 aromatic carbocycles. The van der Waals surface area contributed by atoms with E-state index >= 15 is 0 Å². The number of nitrogens with one attached hydrogen (secondary N) is 1. The number of hydrogen-bond acceptors (Lipinski definition) is 3. The normalized spacial score (nSPS) is 15.4. The fourth-order valence-electron chi connectivity index (χ4n) is 4.77. The predicted octanol–water partition coefficient (Wildman–Crippen LogP) is 5.49. The van der Waals surface area contributed by atoms with Gasteiger partial charge in [-0.05, 0) is 65.0 Å². The number of carbonyl (C=O) groups excluding carboxylic acids is 1. The number of alkyl carbamates (subject to hydrolysis) is 1. The highest BCUT2D eigenvalue weighted by Gasteiger charge is 2.30. The van der Waals surface area contributed by atoms with Crippen molar-refractivity contribution in [1.29, 1.82) is 0 Å². The molecule has 0 heterocycles. The standard InChI is InChI=1S/C28H27NO4/c30-27(31)26(15-12-18-6-5-7-20(16-18)19-13-14-19)29-28(32)33-17-25-23-10-3-1-8-21(23)22-9-2-4-11-24(22)25/h1-11,16,19,25-26H,12-15,17H2,(H,29,32)(H,30,31)/t26-/m0/s1. The zero-order chi connectivity index (χ0) is 22.8. The van der Waals surface area contributed by atoms with E-state index in [0.717, 1.165) is 27.8 Å². The molecule has 168 valence electrons. The number of ether oxygens (including phenoxy) is 1. The quantitative estimate of drug-likeness (QED) is 0.485. The molecular formula is C28H27NO4. The van der Waals surface area contributed by atoms with Crippen LogP contribution in [0.25, 0.3) is 11.1 Å². The third kappa shape index (κ3) is 4.63. The van der Waals surface area contributed by atoms with Crippen molar-refractivity contribution in [3.8, 4) is 11.1 Å². The third-order valence-corrected chi connectivity index (χ3v) is 6.66. The molecule has 1 fully saturated rings. The van der Waals surface area contributed by atoms with Crippen LogP contribution in [0, 0.1) is 0 Å². The number of aryl methyl sites for hydroxylation is 1. The molecule has 2 N–H and O–H groups in total. The molecule has 33 heavy (non-hydrogen) atoms. The molecule has 0 aliphatic heterocycles. The highest BCUT2D eigenvalue weighted by atomic mass is 16.5. The molecule has 5 rings (SSSR count). The molecule has 1 saturated carbocycles. The summed E-state index contributed by atoms with van der Waals surface area (Å²) in [5.41, 5.74) is 6.97. The fourth-order valence-corrected chi connectivity index (χ4v) is 4.77. The summed E-state index contributed by atoms with van der Waals surface area (Å²) in [5, 5.41) is 12.2. The van der Waals surface area contributed by atoms with Crippen molar-refractivity contribution in [1.82, 2.24) is 5.32 Å². The van der Waals surface area contributed by atoms with E-state index in [4.69, 9.17) is 4.74 Å². The summed E-state index contributed by atoms with van der Waals surface area (Å²) >= 11 is 0. The van der Waals surface area contributed by atoms with E-state index in [1.807, 2.05) is 36.4 Å². The lowest BCUT2D eigenvalue weighted by Crippen LogP contribution is -2.41. The van der Waals surface area contributed by atoms with Crippen LogP contribution in [-0.4, -0.2) is 29.8 Å². The van der Waals surface area contributed by atoms with Crippen molar-refractivity contribution in [3.05, 3.63) is 95.1 Å². The lowest BCUT2D eigenvalue weighted by molar-refractivity contribution is -0.139. The Morgan fingerprint density at radius 3 is 2.24 bits per heavy atom. The maximum Gasteiger partial charge on any atom is 0.407 e. The summed E-state index contributed by atoms with van der Waals surface area (Å²) in [7, 11) is 0. The molecule has 2 aliphatic carbocycles. The van der Waals surface area contributed by atoms with Crippen molar-refractivity contribution in [2.75, 3.05) is 6.61 Å². The SMILES string of the molecule is O=C(N[C@@H](CCc1cccc(C2CC2)c1)C(=O)O)OCC1c2ccccc2-c2ccccc21. The van der Waals surface area contributed by atoms with E-state index in [-0.39, 0.29) is 12.5 Å². The minimum atomic E-state index is -1.05. The van der Waals surface area contributed by atoms with Gasteiger partial charge in [-0.3, -0.25) is 0 Å². The van der Waals surface area contributed by atoms with Crippen LogP contribution < -0.4 is 5.32 Å². The first kappa shape index (κ1) is 21.3. The molecule has 2 aliphatic rings. The number of rotatable bonds is 8. The number of carboxylic acid groups (broad SMARTS) is 1. The van der Waals surface area contributed by atoms with E-state index in [9.17, 15) is 14.7 Å². The van der Waals surface area contributed by atoms with Crippen molar-refractivity contribution in [2.45, 2.75) is 43.6 Å². The van der Waals surface area contributed by atoms with Crippen molar-refractivity contribution in [3.63, 3.8) is 0 Å². The summed E-state index contributed by atoms with van der Waals surface area (Å²) in [5.74, 6) is -0.461. The second-order valence-electron chi connectivity index (χ2n) is 8.92. The Labute approximate surface area is 193 Å². The second-order valence-corrected chi connectivity index (χ2v) is 8.92. The number of amides is 1. The molecule has 5 heteroatoms. The Morgan fingerprint density at radius 1 is 0.939 bits per heavy atom. The highest BCUT2D eigenvalue weighted by molar-refractivity contribution is 5.81. The molecule has 5 nitrogen and oxygen atoms in total. The maximum absolute atomic E-state index is 12.5. The zero-order valence-corrected chi connectivity index (χ0v) is 18.4. The first-order valence-electron chi connectivity index (χ1n) is 11.5. The summed E-state index contributed by atoms with van der Waals surface area (Å²) in [6, 6.07) is 23.6. The second kappa shape index (κ2) is 9.10. The minimum Gasteiger partial charge on any atom is -0.480 e. The Bertz CT molecular complexity index is 1140. The first-order chi connectivity index (χ1) is 16.1. The zero-order valence-electron chi connectivity index (χ0n) is 18.4. The van der Waals surface area contributed by atoms with Gasteiger partial charge in [0.1, 0.15) is 12.6 Å². The van der Waals surface area contributed by atoms with E-state index in [2.05, 4.69) is 41.7 Å². The van der Waals surface area contributed by atoms with Gasteiger partial charge in [0.2, 0.25) is 0 Å². The van der Waals surface area contributed by atoms with E-state index in [1.54, 1.807) is 0 Å². The molecule has 0 bridgehead atoms. The third-order valence-electron chi connectivity index (χ3n) is 6.66. The summed E-state index contributed by atoms with van der Waals surface area (Å²) in [6.07, 6.45) is 2.65.